The zero-order valence-electron chi connectivity index (χ0n) is 17.7. The molecular formula is C24H33N3O3. The lowest BCUT2D eigenvalue weighted by Gasteiger charge is -2.34. The highest BCUT2D eigenvalue weighted by atomic mass is 16.5. The second-order valence-corrected chi connectivity index (χ2v) is 8.10. The third kappa shape index (κ3) is 6.82. The summed E-state index contributed by atoms with van der Waals surface area (Å²) in [5.74, 6) is -0.0955. The molecular weight excluding hydrogens is 378 g/mol. The highest BCUT2D eigenvalue weighted by molar-refractivity contribution is 5.83. The van der Waals surface area contributed by atoms with Crippen LogP contribution in [0.25, 0.3) is 10.8 Å². The molecule has 6 nitrogen and oxygen atoms in total. The topological polar surface area (TPSA) is 72.9 Å². The molecule has 2 aromatic carbocycles. The average Bonchev–Trinajstić information content (AvgIpc) is 2.79. The van der Waals surface area contributed by atoms with E-state index < -0.39 is 0 Å². The van der Waals surface area contributed by atoms with Gasteiger partial charge in [0.15, 0.2) is 0 Å². The number of nitrogens with one attached hydrogen (secondary N) is 1. The van der Waals surface area contributed by atoms with E-state index in [2.05, 4.69) is 47.4 Å². The van der Waals surface area contributed by atoms with E-state index in [1.807, 2.05) is 4.90 Å². The largest absolute Gasteiger partial charge is 0.340 e. The van der Waals surface area contributed by atoms with Crippen LogP contribution < -0.4 is 5.48 Å². The van der Waals surface area contributed by atoms with Gasteiger partial charge in [0, 0.05) is 45.6 Å². The minimum atomic E-state index is -0.343. The Morgan fingerprint density at radius 3 is 2.30 bits per heavy atom. The van der Waals surface area contributed by atoms with E-state index in [1.54, 1.807) is 5.48 Å². The van der Waals surface area contributed by atoms with E-state index >= 15 is 0 Å². The Morgan fingerprint density at radius 1 is 0.867 bits per heavy atom. The van der Waals surface area contributed by atoms with Gasteiger partial charge in [-0.05, 0) is 35.6 Å². The van der Waals surface area contributed by atoms with Crippen LogP contribution in [0.5, 0.6) is 0 Å². The monoisotopic (exact) mass is 411 g/mol. The summed E-state index contributed by atoms with van der Waals surface area (Å²) in [7, 11) is 0. The van der Waals surface area contributed by atoms with Crippen LogP contribution in [0.2, 0.25) is 0 Å². The Bertz CT molecular complexity index is 831. The van der Waals surface area contributed by atoms with Crippen molar-refractivity contribution in [2.75, 3.05) is 32.7 Å². The number of unbranched alkanes of at least 4 members (excludes halogenated alkanes) is 3. The maximum absolute atomic E-state index is 12.4. The fourth-order valence-corrected chi connectivity index (χ4v) is 4.03. The zero-order chi connectivity index (χ0) is 21.2. The number of nitrogens with zero attached hydrogens (tertiary/aromatic N) is 2. The molecule has 162 valence electrons. The lowest BCUT2D eigenvalue weighted by atomic mass is 10.0. The number of rotatable bonds is 10. The second kappa shape index (κ2) is 11.7. The van der Waals surface area contributed by atoms with Gasteiger partial charge in [0.25, 0.3) is 0 Å². The van der Waals surface area contributed by atoms with Crippen LogP contribution in [-0.2, 0) is 16.0 Å². The molecule has 0 spiro atoms. The number of piperazine rings is 1. The van der Waals surface area contributed by atoms with E-state index in [9.17, 15) is 9.59 Å². The quantitative estimate of drug-likeness (QED) is 0.357. The Labute approximate surface area is 178 Å². The van der Waals surface area contributed by atoms with Crippen molar-refractivity contribution in [3.05, 3.63) is 48.0 Å². The van der Waals surface area contributed by atoms with Gasteiger partial charge in [0.05, 0.1) is 0 Å². The van der Waals surface area contributed by atoms with Crippen LogP contribution in [0.4, 0.5) is 0 Å². The van der Waals surface area contributed by atoms with Gasteiger partial charge in [-0.25, -0.2) is 5.48 Å². The number of benzene rings is 2. The first-order valence-electron chi connectivity index (χ1n) is 11.1. The highest BCUT2D eigenvalue weighted by Gasteiger charge is 2.20. The minimum Gasteiger partial charge on any atom is -0.340 e. The molecule has 1 heterocycles. The number of hydroxylamine groups is 1. The van der Waals surface area contributed by atoms with Crippen LogP contribution in [0.1, 0.15) is 44.1 Å². The average molecular weight is 412 g/mol. The van der Waals surface area contributed by atoms with Crippen molar-refractivity contribution in [1.29, 1.82) is 0 Å². The summed E-state index contributed by atoms with van der Waals surface area (Å²) in [6.07, 6.45) is 5.42. The Kier molecular flexibility index (Phi) is 8.66. The van der Waals surface area contributed by atoms with Gasteiger partial charge < -0.3 is 4.90 Å². The van der Waals surface area contributed by atoms with Crippen molar-refractivity contribution in [3.8, 4) is 0 Å². The summed E-state index contributed by atoms with van der Waals surface area (Å²) in [6, 6.07) is 15.2. The zero-order valence-corrected chi connectivity index (χ0v) is 17.7. The van der Waals surface area contributed by atoms with Gasteiger partial charge in [-0.1, -0.05) is 55.3 Å². The first-order chi connectivity index (χ1) is 14.7. The second-order valence-electron chi connectivity index (χ2n) is 8.10. The molecule has 1 aliphatic rings. The molecule has 0 radical (unpaired) electrons. The molecule has 30 heavy (non-hydrogen) atoms. The van der Waals surface area contributed by atoms with Crippen molar-refractivity contribution >= 4 is 22.6 Å². The molecule has 2 N–H and O–H groups in total. The van der Waals surface area contributed by atoms with Crippen LogP contribution in [-0.4, -0.2) is 59.5 Å². The van der Waals surface area contributed by atoms with Crippen LogP contribution >= 0.6 is 0 Å². The molecule has 0 saturated carbocycles. The normalized spacial score (nSPS) is 14.8. The molecule has 0 atom stereocenters. The highest BCUT2D eigenvalue weighted by Crippen LogP contribution is 2.16. The summed E-state index contributed by atoms with van der Waals surface area (Å²) in [5.41, 5.74) is 3.01. The van der Waals surface area contributed by atoms with E-state index in [0.29, 0.717) is 12.8 Å². The maximum atomic E-state index is 12.4. The van der Waals surface area contributed by atoms with Gasteiger partial charge >= 0.3 is 0 Å². The first kappa shape index (κ1) is 22.2. The van der Waals surface area contributed by atoms with Crippen molar-refractivity contribution < 1.29 is 14.8 Å². The lowest BCUT2D eigenvalue weighted by molar-refractivity contribution is -0.133. The van der Waals surface area contributed by atoms with Crippen LogP contribution in [0, 0.1) is 0 Å². The first-order valence-corrected chi connectivity index (χ1v) is 11.1. The number of hydrogen-bond donors (Lipinski definition) is 2. The minimum absolute atomic E-state index is 0.247. The van der Waals surface area contributed by atoms with Gasteiger partial charge in [-0.3, -0.25) is 19.7 Å². The molecule has 1 aliphatic heterocycles. The van der Waals surface area contributed by atoms with E-state index in [-0.39, 0.29) is 11.8 Å². The Morgan fingerprint density at radius 2 is 1.57 bits per heavy atom. The van der Waals surface area contributed by atoms with Gasteiger partial charge in [-0.15, -0.1) is 0 Å². The van der Waals surface area contributed by atoms with Crippen LogP contribution in [0.3, 0.4) is 0 Å². The molecule has 2 aromatic rings. The summed E-state index contributed by atoms with van der Waals surface area (Å²) < 4.78 is 0. The number of carbonyl (C=O) groups is 2. The number of amides is 2. The van der Waals surface area contributed by atoms with Crippen molar-refractivity contribution in [3.63, 3.8) is 0 Å². The molecule has 1 fully saturated rings. The predicted molar refractivity (Wildman–Crippen MR) is 118 cm³/mol. The SMILES string of the molecule is O=C(CCCCCCC(=O)N1CCN(CCc2ccc3ccccc3c2)CC1)NO. The maximum Gasteiger partial charge on any atom is 0.243 e. The number of carbonyl (C=O) groups excluding carboxylic acids is 2. The van der Waals surface area contributed by atoms with Gasteiger partial charge in [0.1, 0.15) is 0 Å². The molecule has 3 rings (SSSR count). The predicted octanol–water partition coefficient (Wildman–Crippen LogP) is 3.37. The lowest BCUT2D eigenvalue weighted by Crippen LogP contribution is -2.49. The summed E-state index contributed by atoms with van der Waals surface area (Å²) in [6.45, 7) is 4.54. The fourth-order valence-electron chi connectivity index (χ4n) is 4.03. The summed E-state index contributed by atoms with van der Waals surface area (Å²) in [5, 5.41) is 11.0. The van der Waals surface area contributed by atoms with Crippen molar-refractivity contribution in [2.24, 2.45) is 0 Å². The van der Waals surface area contributed by atoms with Crippen molar-refractivity contribution in [2.45, 2.75) is 44.9 Å². The molecule has 0 aromatic heterocycles. The molecule has 0 bridgehead atoms. The third-order valence-corrected chi connectivity index (χ3v) is 5.92. The third-order valence-electron chi connectivity index (χ3n) is 5.92. The molecule has 0 unspecified atom stereocenters. The Hall–Kier alpha value is -2.44. The summed E-state index contributed by atoms with van der Waals surface area (Å²) >= 11 is 0. The van der Waals surface area contributed by atoms with Gasteiger partial charge in [-0.2, -0.15) is 0 Å². The smallest absolute Gasteiger partial charge is 0.243 e. The molecule has 0 aliphatic carbocycles. The molecule has 2 amide bonds. The van der Waals surface area contributed by atoms with E-state index in [0.717, 1.165) is 64.8 Å². The number of hydrogen-bond acceptors (Lipinski definition) is 4. The molecule has 1 saturated heterocycles. The van der Waals surface area contributed by atoms with E-state index in [1.165, 1.54) is 16.3 Å². The van der Waals surface area contributed by atoms with Crippen molar-refractivity contribution in [1.82, 2.24) is 15.3 Å². The summed E-state index contributed by atoms with van der Waals surface area (Å²) in [4.78, 5) is 27.8. The van der Waals surface area contributed by atoms with E-state index in [4.69, 9.17) is 5.21 Å². The fraction of sp³-hybridized carbons (Fsp3) is 0.500. The molecule has 6 heteroatoms. The standard InChI is InChI=1S/C24H33N3O3/c28-23(25-30)9-3-1-2-4-10-24(29)27-17-15-26(16-18-27)14-13-20-11-12-21-7-5-6-8-22(21)19-20/h5-8,11-12,19,30H,1-4,9-10,13-18H2,(H,25,28). The Balaban J connectivity index is 1.30. The number of fused-ring (bicyclic) bond motifs is 1. The van der Waals surface area contributed by atoms with Gasteiger partial charge in [0.2, 0.25) is 11.8 Å². The van der Waals surface area contributed by atoms with Crippen LogP contribution in [0.15, 0.2) is 42.5 Å².